The summed E-state index contributed by atoms with van der Waals surface area (Å²) in [4.78, 5) is 16.8. The summed E-state index contributed by atoms with van der Waals surface area (Å²) in [6.45, 7) is 7.43. The maximum absolute atomic E-state index is 11.7. The highest BCUT2D eigenvalue weighted by Gasteiger charge is 2.16. The first-order valence-corrected chi connectivity index (χ1v) is 10.0. The second-order valence-electron chi connectivity index (χ2n) is 7.36. The molecule has 1 fully saturated rings. The SMILES string of the molecule is Cl.Cl.O=c1cc(NCCCN2CCN(Cc3ccccc3)CC2)c2ccccc2o1. The van der Waals surface area contributed by atoms with Crippen molar-refractivity contribution in [2.75, 3.05) is 44.6 Å². The third-order valence-electron chi connectivity index (χ3n) is 5.33. The van der Waals surface area contributed by atoms with Crippen molar-refractivity contribution < 1.29 is 4.42 Å². The van der Waals surface area contributed by atoms with Crippen LogP contribution in [0.4, 0.5) is 5.69 Å². The Morgan fingerprint density at radius 3 is 2.30 bits per heavy atom. The summed E-state index contributed by atoms with van der Waals surface area (Å²) in [5, 5.41) is 4.37. The monoisotopic (exact) mass is 449 g/mol. The Balaban J connectivity index is 0.00000160. The number of fused-ring (bicyclic) bond motifs is 1. The number of piperazine rings is 1. The molecule has 0 bridgehead atoms. The van der Waals surface area contributed by atoms with E-state index in [2.05, 4.69) is 45.4 Å². The molecule has 0 radical (unpaired) electrons. The molecule has 0 spiro atoms. The van der Waals surface area contributed by atoms with Gasteiger partial charge in [-0.1, -0.05) is 42.5 Å². The number of halogens is 2. The number of para-hydroxylation sites is 1. The van der Waals surface area contributed by atoms with Crippen molar-refractivity contribution in [2.24, 2.45) is 0 Å². The van der Waals surface area contributed by atoms with Crippen molar-refractivity contribution in [2.45, 2.75) is 13.0 Å². The van der Waals surface area contributed by atoms with Crippen LogP contribution < -0.4 is 10.9 Å². The molecule has 1 N–H and O–H groups in total. The van der Waals surface area contributed by atoms with Gasteiger partial charge in [-0.15, -0.1) is 24.8 Å². The molecular weight excluding hydrogens is 421 g/mol. The Kier molecular flexibility index (Phi) is 9.66. The molecule has 0 amide bonds. The van der Waals surface area contributed by atoms with Crippen molar-refractivity contribution in [1.82, 2.24) is 9.80 Å². The number of nitrogens with zero attached hydrogens (tertiary/aromatic N) is 2. The highest BCUT2D eigenvalue weighted by atomic mass is 35.5. The molecule has 7 heteroatoms. The molecule has 3 aromatic rings. The molecule has 1 saturated heterocycles. The van der Waals surface area contributed by atoms with Gasteiger partial charge in [-0.05, 0) is 30.7 Å². The van der Waals surface area contributed by atoms with E-state index in [1.807, 2.05) is 24.3 Å². The first-order valence-electron chi connectivity index (χ1n) is 10.0. The summed E-state index contributed by atoms with van der Waals surface area (Å²) < 4.78 is 5.25. The van der Waals surface area contributed by atoms with Gasteiger partial charge in [0.05, 0.1) is 5.69 Å². The molecule has 1 aliphatic rings. The van der Waals surface area contributed by atoms with Crippen LogP contribution in [0.2, 0.25) is 0 Å². The maximum atomic E-state index is 11.7. The van der Waals surface area contributed by atoms with Gasteiger partial charge in [0.15, 0.2) is 0 Å². The van der Waals surface area contributed by atoms with Crippen molar-refractivity contribution in [1.29, 1.82) is 0 Å². The van der Waals surface area contributed by atoms with Gasteiger partial charge in [0, 0.05) is 50.7 Å². The van der Waals surface area contributed by atoms with Gasteiger partial charge in [0.25, 0.3) is 0 Å². The second-order valence-corrected chi connectivity index (χ2v) is 7.36. The summed E-state index contributed by atoms with van der Waals surface area (Å²) in [5.74, 6) is 0. The molecule has 0 unspecified atom stereocenters. The minimum atomic E-state index is -0.310. The van der Waals surface area contributed by atoms with Crippen molar-refractivity contribution in [3.8, 4) is 0 Å². The predicted octanol–water partition coefficient (Wildman–Crippen LogP) is 4.26. The van der Waals surface area contributed by atoms with E-state index in [0.29, 0.717) is 5.58 Å². The first kappa shape index (κ1) is 24.2. The lowest BCUT2D eigenvalue weighted by Crippen LogP contribution is -2.46. The number of benzene rings is 2. The highest BCUT2D eigenvalue weighted by molar-refractivity contribution is 5.89. The Labute approximate surface area is 189 Å². The largest absolute Gasteiger partial charge is 0.423 e. The number of rotatable bonds is 7. The van der Waals surface area contributed by atoms with Crippen LogP contribution in [-0.2, 0) is 6.54 Å². The topological polar surface area (TPSA) is 48.7 Å². The first-order chi connectivity index (χ1) is 13.8. The fraction of sp³-hybridized carbons (Fsp3) is 0.348. The summed E-state index contributed by atoms with van der Waals surface area (Å²) >= 11 is 0. The minimum Gasteiger partial charge on any atom is -0.423 e. The van der Waals surface area contributed by atoms with E-state index < -0.39 is 0 Å². The number of anilines is 1. The molecule has 2 heterocycles. The molecule has 162 valence electrons. The van der Waals surface area contributed by atoms with E-state index in [1.165, 1.54) is 5.56 Å². The molecule has 1 aliphatic heterocycles. The van der Waals surface area contributed by atoms with E-state index in [4.69, 9.17) is 4.42 Å². The lowest BCUT2D eigenvalue weighted by atomic mass is 10.2. The van der Waals surface area contributed by atoms with Gasteiger partial charge in [-0.25, -0.2) is 4.79 Å². The average molecular weight is 450 g/mol. The predicted molar refractivity (Wildman–Crippen MR) is 128 cm³/mol. The standard InChI is InChI=1S/C23H27N3O2.2ClH/c27-23-17-21(20-9-4-5-10-22(20)28-23)24-11-6-12-25-13-15-26(16-14-25)18-19-7-2-1-3-8-19;;/h1-5,7-10,17,24H,6,11-16,18H2;2*1H. The summed E-state index contributed by atoms with van der Waals surface area (Å²) in [7, 11) is 0. The smallest absolute Gasteiger partial charge is 0.338 e. The van der Waals surface area contributed by atoms with Gasteiger partial charge >= 0.3 is 5.63 Å². The molecular formula is C23H29Cl2N3O2. The van der Waals surface area contributed by atoms with Crippen LogP contribution >= 0.6 is 24.8 Å². The second kappa shape index (κ2) is 12.0. The molecule has 1 aromatic heterocycles. The van der Waals surface area contributed by atoms with Crippen LogP contribution in [0.15, 0.2) is 69.9 Å². The summed E-state index contributed by atoms with van der Waals surface area (Å²) in [6.07, 6.45) is 1.05. The van der Waals surface area contributed by atoms with E-state index in [1.54, 1.807) is 6.07 Å². The van der Waals surface area contributed by atoms with Gasteiger partial charge in [0.2, 0.25) is 0 Å². The van der Waals surface area contributed by atoms with Crippen LogP contribution in [0.5, 0.6) is 0 Å². The molecule has 2 aromatic carbocycles. The quantitative estimate of drug-likeness (QED) is 0.431. The van der Waals surface area contributed by atoms with Crippen molar-refractivity contribution >= 4 is 41.5 Å². The van der Waals surface area contributed by atoms with E-state index in [0.717, 1.165) is 63.3 Å². The van der Waals surface area contributed by atoms with Crippen LogP contribution in [0.3, 0.4) is 0 Å². The van der Waals surface area contributed by atoms with E-state index in [9.17, 15) is 4.79 Å². The van der Waals surface area contributed by atoms with E-state index in [-0.39, 0.29) is 30.4 Å². The lowest BCUT2D eigenvalue weighted by Gasteiger charge is -2.34. The molecule has 4 rings (SSSR count). The van der Waals surface area contributed by atoms with Gasteiger partial charge < -0.3 is 14.6 Å². The molecule has 0 saturated carbocycles. The van der Waals surface area contributed by atoms with Gasteiger partial charge in [0.1, 0.15) is 5.58 Å². The Hall–Kier alpha value is -2.05. The van der Waals surface area contributed by atoms with Crippen LogP contribution in [-0.4, -0.2) is 49.1 Å². The zero-order valence-electron chi connectivity index (χ0n) is 17.0. The summed E-state index contributed by atoms with van der Waals surface area (Å²) in [5.41, 5.74) is 2.57. The van der Waals surface area contributed by atoms with Crippen LogP contribution in [0.1, 0.15) is 12.0 Å². The molecule has 0 aliphatic carbocycles. The molecule has 0 atom stereocenters. The van der Waals surface area contributed by atoms with Crippen molar-refractivity contribution in [3.05, 3.63) is 76.6 Å². The number of nitrogens with one attached hydrogen (secondary N) is 1. The lowest BCUT2D eigenvalue weighted by molar-refractivity contribution is 0.127. The zero-order valence-corrected chi connectivity index (χ0v) is 18.6. The van der Waals surface area contributed by atoms with Crippen molar-refractivity contribution in [3.63, 3.8) is 0 Å². The third kappa shape index (κ3) is 6.47. The third-order valence-corrected chi connectivity index (χ3v) is 5.33. The Morgan fingerprint density at radius 1 is 0.867 bits per heavy atom. The average Bonchev–Trinajstić information content (AvgIpc) is 2.73. The Bertz CT molecular complexity index is 957. The normalized spacial score (nSPS) is 14.7. The minimum absolute atomic E-state index is 0. The molecule has 30 heavy (non-hydrogen) atoms. The maximum Gasteiger partial charge on any atom is 0.338 e. The zero-order chi connectivity index (χ0) is 19.2. The number of hydrogen-bond acceptors (Lipinski definition) is 5. The fourth-order valence-electron chi connectivity index (χ4n) is 3.80. The summed E-state index contributed by atoms with van der Waals surface area (Å²) in [6, 6.07) is 19.9. The van der Waals surface area contributed by atoms with Crippen LogP contribution in [0, 0.1) is 0 Å². The van der Waals surface area contributed by atoms with Gasteiger partial charge in [-0.3, -0.25) is 4.90 Å². The van der Waals surface area contributed by atoms with Crippen LogP contribution in [0.25, 0.3) is 11.0 Å². The van der Waals surface area contributed by atoms with E-state index >= 15 is 0 Å². The number of hydrogen-bond donors (Lipinski definition) is 1. The van der Waals surface area contributed by atoms with Gasteiger partial charge in [-0.2, -0.15) is 0 Å². The highest BCUT2D eigenvalue weighted by Crippen LogP contribution is 2.20. The fourth-order valence-corrected chi connectivity index (χ4v) is 3.80. The Morgan fingerprint density at radius 2 is 1.53 bits per heavy atom. The molecule has 5 nitrogen and oxygen atoms in total.